The molecule has 0 saturated heterocycles. The molecular formula is C13H25N. The fraction of sp³-hybridized carbons (Fsp3) is 0.846. The Labute approximate surface area is 88.8 Å². The predicted molar refractivity (Wildman–Crippen MR) is 63.2 cm³/mol. The SMILES string of the molecule is C=C1CCC(N)C(CCC)(CCC)C1. The molecule has 0 radical (unpaired) electrons. The minimum Gasteiger partial charge on any atom is -0.327 e. The molecule has 0 amide bonds. The molecule has 0 aromatic heterocycles. The summed E-state index contributed by atoms with van der Waals surface area (Å²) in [6.07, 6.45) is 8.54. The van der Waals surface area contributed by atoms with Crippen LogP contribution in [0.5, 0.6) is 0 Å². The zero-order chi connectivity index (χ0) is 10.6. The van der Waals surface area contributed by atoms with Gasteiger partial charge in [0.05, 0.1) is 0 Å². The molecule has 1 nitrogen and oxygen atoms in total. The van der Waals surface area contributed by atoms with Crippen LogP contribution in [0, 0.1) is 5.41 Å². The summed E-state index contributed by atoms with van der Waals surface area (Å²) in [5.74, 6) is 0. The third kappa shape index (κ3) is 2.38. The van der Waals surface area contributed by atoms with Crippen molar-refractivity contribution in [2.24, 2.45) is 11.1 Å². The van der Waals surface area contributed by atoms with Crippen molar-refractivity contribution < 1.29 is 0 Å². The standard InChI is InChI=1S/C13H25N/c1-4-8-13(9-5-2)10-11(3)6-7-12(13)14/h12H,3-10,14H2,1-2H3. The second kappa shape index (κ2) is 4.97. The van der Waals surface area contributed by atoms with Crippen LogP contribution in [0.25, 0.3) is 0 Å². The van der Waals surface area contributed by atoms with Crippen LogP contribution in [0.3, 0.4) is 0 Å². The van der Waals surface area contributed by atoms with Crippen molar-refractivity contribution in [3.63, 3.8) is 0 Å². The van der Waals surface area contributed by atoms with Crippen molar-refractivity contribution in [2.75, 3.05) is 0 Å². The van der Waals surface area contributed by atoms with Crippen LogP contribution in [0.15, 0.2) is 12.2 Å². The highest BCUT2D eigenvalue weighted by Crippen LogP contribution is 2.44. The number of nitrogens with two attached hydrogens (primary N) is 1. The first kappa shape index (κ1) is 11.8. The first-order chi connectivity index (χ1) is 6.64. The van der Waals surface area contributed by atoms with E-state index >= 15 is 0 Å². The summed E-state index contributed by atoms with van der Waals surface area (Å²) in [5.41, 5.74) is 8.12. The Bertz CT molecular complexity index is 189. The van der Waals surface area contributed by atoms with Crippen LogP contribution in [-0.4, -0.2) is 6.04 Å². The summed E-state index contributed by atoms with van der Waals surface area (Å²) in [6, 6.07) is 0.410. The fourth-order valence-electron chi connectivity index (χ4n) is 3.05. The van der Waals surface area contributed by atoms with Crippen molar-refractivity contribution in [3.8, 4) is 0 Å². The molecule has 1 aliphatic rings. The number of allylic oxidation sites excluding steroid dienone is 1. The van der Waals surface area contributed by atoms with E-state index in [0.717, 1.165) is 12.8 Å². The first-order valence-corrected chi connectivity index (χ1v) is 6.07. The lowest BCUT2D eigenvalue weighted by Gasteiger charge is -2.43. The highest BCUT2D eigenvalue weighted by molar-refractivity contribution is 5.09. The average Bonchev–Trinajstić information content (AvgIpc) is 2.13. The maximum Gasteiger partial charge on any atom is 0.0102 e. The van der Waals surface area contributed by atoms with Gasteiger partial charge in [-0.3, -0.25) is 0 Å². The summed E-state index contributed by atoms with van der Waals surface area (Å²) in [7, 11) is 0. The van der Waals surface area contributed by atoms with Crippen LogP contribution in [-0.2, 0) is 0 Å². The highest BCUT2D eigenvalue weighted by Gasteiger charge is 2.37. The van der Waals surface area contributed by atoms with Crippen LogP contribution >= 0.6 is 0 Å². The van der Waals surface area contributed by atoms with Gasteiger partial charge < -0.3 is 5.73 Å². The molecule has 1 saturated carbocycles. The van der Waals surface area contributed by atoms with E-state index in [4.69, 9.17) is 5.73 Å². The van der Waals surface area contributed by atoms with E-state index in [9.17, 15) is 0 Å². The van der Waals surface area contributed by atoms with Gasteiger partial charge in [0.1, 0.15) is 0 Å². The quantitative estimate of drug-likeness (QED) is 0.681. The lowest BCUT2D eigenvalue weighted by Crippen LogP contribution is -2.44. The van der Waals surface area contributed by atoms with Gasteiger partial charge in [0.15, 0.2) is 0 Å². The molecule has 1 unspecified atom stereocenters. The molecule has 1 heteroatoms. The van der Waals surface area contributed by atoms with E-state index in [0.29, 0.717) is 11.5 Å². The number of hydrogen-bond donors (Lipinski definition) is 1. The van der Waals surface area contributed by atoms with E-state index in [2.05, 4.69) is 20.4 Å². The molecule has 0 aromatic carbocycles. The average molecular weight is 195 g/mol. The molecule has 82 valence electrons. The van der Waals surface area contributed by atoms with Crippen LogP contribution in [0.2, 0.25) is 0 Å². The van der Waals surface area contributed by atoms with Crippen LogP contribution in [0.1, 0.15) is 58.8 Å². The molecule has 1 aliphatic carbocycles. The Morgan fingerprint density at radius 2 is 1.93 bits per heavy atom. The molecule has 1 rings (SSSR count). The number of rotatable bonds is 4. The highest BCUT2D eigenvalue weighted by atomic mass is 14.7. The van der Waals surface area contributed by atoms with E-state index in [1.54, 1.807) is 0 Å². The Balaban J connectivity index is 2.74. The topological polar surface area (TPSA) is 26.0 Å². The summed E-state index contributed by atoms with van der Waals surface area (Å²) in [6.45, 7) is 8.68. The number of hydrogen-bond acceptors (Lipinski definition) is 1. The van der Waals surface area contributed by atoms with Gasteiger partial charge in [-0.15, -0.1) is 0 Å². The van der Waals surface area contributed by atoms with Crippen LogP contribution in [0.4, 0.5) is 0 Å². The minimum absolute atomic E-state index is 0.388. The molecule has 0 aromatic rings. The Hall–Kier alpha value is -0.300. The van der Waals surface area contributed by atoms with E-state index in [1.165, 1.54) is 37.7 Å². The van der Waals surface area contributed by atoms with E-state index in [-0.39, 0.29) is 0 Å². The second-order valence-corrected chi connectivity index (χ2v) is 4.93. The van der Waals surface area contributed by atoms with E-state index in [1.807, 2.05) is 0 Å². The van der Waals surface area contributed by atoms with Crippen LogP contribution < -0.4 is 5.73 Å². The summed E-state index contributed by atoms with van der Waals surface area (Å²) >= 11 is 0. The van der Waals surface area contributed by atoms with Crippen molar-refractivity contribution in [3.05, 3.63) is 12.2 Å². The zero-order valence-corrected chi connectivity index (χ0v) is 9.81. The summed E-state index contributed by atoms with van der Waals surface area (Å²) in [5, 5.41) is 0. The van der Waals surface area contributed by atoms with Crippen molar-refractivity contribution in [1.82, 2.24) is 0 Å². The van der Waals surface area contributed by atoms with Crippen molar-refractivity contribution >= 4 is 0 Å². The van der Waals surface area contributed by atoms with Gasteiger partial charge >= 0.3 is 0 Å². The maximum atomic E-state index is 6.31. The molecule has 1 fully saturated rings. The maximum absolute atomic E-state index is 6.31. The normalized spacial score (nSPS) is 26.5. The summed E-state index contributed by atoms with van der Waals surface area (Å²) < 4.78 is 0. The lowest BCUT2D eigenvalue weighted by molar-refractivity contribution is 0.150. The van der Waals surface area contributed by atoms with Gasteiger partial charge in [0, 0.05) is 6.04 Å². The zero-order valence-electron chi connectivity index (χ0n) is 9.81. The van der Waals surface area contributed by atoms with Crippen molar-refractivity contribution in [2.45, 2.75) is 64.8 Å². The molecular weight excluding hydrogens is 170 g/mol. The van der Waals surface area contributed by atoms with Gasteiger partial charge in [-0.05, 0) is 37.5 Å². The smallest absolute Gasteiger partial charge is 0.0102 e. The van der Waals surface area contributed by atoms with Gasteiger partial charge in [-0.1, -0.05) is 38.8 Å². The van der Waals surface area contributed by atoms with Gasteiger partial charge in [0.25, 0.3) is 0 Å². The van der Waals surface area contributed by atoms with Gasteiger partial charge in [-0.2, -0.15) is 0 Å². The summed E-state index contributed by atoms with van der Waals surface area (Å²) in [4.78, 5) is 0. The Morgan fingerprint density at radius 1 is 1.36 bits per heavy atom. The first-order valence-electron chi connectivity index (χ1n) is 6.07. The Morgan fingerprint density at radius 3 is 2.43 bits per heavy atom. The molecule has 14 heavy (non-hydrogen) atoms. The molecule has 2 N–H and O–H groups in total. The third-order valence-electron chi connectivity index (χ3n) is 3.69. The molecule has 0 spiro atoms. The minimum atomic E-state index is 0.388. The van der Waals surface area contributed by atoms with Gasteiger partial charge in [-0.25, -0.2) is 0 Å². The predicted octanol–water partition coefficient (Wildman–Crippen LogP) is 3.64. The van der Waals surface area contributed by atoms with E-state index < -0.39 is 0 Å². The molecule has 0 bridgehead atoms. The molecule has 1 atom stereocenters. The van der Waals surface area contributed by atoms with Gasteiger partial charge in [0.2, 0.25) is 0 Å². The molecule has 0 heterocycles. The lowest BCUT2D eigenvalue weighted by atomic mass is 9.64. The fourth-order valence-corrected chi connectivity index (χ4v) is 3.05. The molecule has 0 aliphatic heterocycles. The van der Waals surface area contributed by atoms with Crippen molar-refractivity contribution in [1.29, 1.82) is 0 Å². The second-order valence-electron chi connectivity index (χ2n) is 4.93. The monoisotopic (exact) mass is 195 g/mol. The third-order valence-corrected chi connectivity index (χ3v) is 3.69. The largest absolute Gasteiger partial charge is 0.327 e. The Kier molecular flexibility index (Phi) is 4.18.